The van der Waals surface area contributed by atoms with Gasteiger partial charge in [-0.15, -0.1) is 12.3 Å². The molecular formula is C10H17OP. The van der Waals surface area contributed by atoms with E-state index in [-0.39, 0.29) is 5.41 Å². The molecule has 1 heterocycles. The fourth-order valence-electron chi connectivity index (χ4n) is 2.15. The van der Waals surface area contributed by atoms with Crippen LogP contribution in [0.2, 0.25) is 0 Å². The molecule has 0 aromatic heterocycles. The summed E-state index contributed by atoms with van der Waals surface area (Å²) in [5.74, 6) is 3.13. The summed E-state index contributed by atoms with van der Waals surface area (Å²) in [6.07, 6.45) is 8.02. The third-order valence-corrected chi connectivity index (χ3v) is 5.47. The molecule has 0 radical (unpaired) electrons. The van der Waals surface area contributed by atoms with Crippen LogP contribution in [-0.2, 0) is 4.57 Å². The van der Waals surface area contributed by atoms with Gasteiger partial charge in [-0.1, -0.05) is 13.8 Å². The van der Waals surface area contributed by atoms with E-state index in [9.17, 15) is 4.57 Å². The Labute approximate surface area is 75.3 Å². The molecule has 0 N–H and O–H groups in total. The minimum atomic E-state index is -1.85. The van der Waals surface area contributed by atoms with Crippen LogP contribution in [0, 0.1) is 23.7 Å². The van der Waals surface area contributed by atoms with E-state index in [1.54, 1.807) is 0 Å². The zero-order valence-corrected chi connectivity index (χ0v) is 9.03. The van der Waals surface area contributed by atoms with Gasteiger partial charge >= 0.3 is 0 Å². The van der Waals surface area contributed by atoms with E-state index < -0.39 is 7.14 Å². The van der Waals surface area contributed by atoms with Gasteiger partial charge in [0.15, 0.2) is 0 Å². The molecular weight excluding hydrogens is 167 g/mol. The highest BCUT2D eigenvalue weighted by Crippen LogP contribution is 2.54. The standard InChI is InChI=1S/C10H17OP/c1-5-9-6-7-12(4,11)8-10(9,2)3/h1,9H,6-8H2,2-4H3. The van der Waals surface area contributed by atoms with Crippen LogP contribution in [-0.4, -0.2) is 19.0 Å². The molecule has 0 bridgehead atoms. The quantitative estimate of drug-likeness (QED) is 0.418. The highest BCUT2D eigenvalue weighted by Gasteiger charge is 2.38. The van der Waals surface area contributed by atoms with Crippen molar-refractivity contribution in [2.45, 2.75) is 20.3 Å². The van der Waals surface area contributed by atoms with E-state index in [0.717, 1.165) is 18.7 Å². The fourth-order valence-corrected chi connectivity index (χ4v) is 5.06. The Balaban J connectivity index is 2.83. The Morgan fingerprint density at radius 2 is 2.17 bits per heavy atom. The molecule has 1 aliphatic rings. The molecule has 2 heteroatoms. The molecule has 0 saturated carbocycles. The number of hydrogen-bond acceptors (Lipinski definition) is 1. The smallest absolute Gasteiger partial charge is 0.0854 e. The van der Waals surface area contributed by atoms with Crippen molar-refractivity contribution < 1.29 is 4.57 Å². The molecule has 12 heavy (non-hydrogen) atoms. The predicted molar refractivity (Wildman–Crippen MR) is 54.0 cm³/mol. The first kappa shape index (κ1) is 9.87. The largest absolute Gasteiger partial charge is 0.324 e. The van der Waals surface area contributed by atoms with E-state index in [0.29, 0.717) is 5.92 Å². The van der Waals surface area contributed by atoms with Gasteiger partial charge in [-0.3, -0.25) is 0 Å². The summed E-state index contributed by atoms with van der Waals surface area (Å²) in [5, 5.41) is 0. The van der Waals surface area contributed by atoms with Gasteiger partial charge in [0.2, 0.25) is 0 Å². The van der Waals surface area contributed by atoms with Crippen LogP contribution in [0.5, 0.6) is 0 Å². The second-order valence-corrected chi connectivity index (χ2v) is 8.03. The first-order valence-electron chi connectivity index (χ1n) is 4.39. The average Bonchev–Trinajstić information content (AvgIpc) is 1.83. The van der Waals surface area contributed by atoms with Gasteiger partial charge in [0.25, 0.3) is 0 Å². The van der Waals surface area contributed by atoms with E-state index >= 15 is 0 Å². The minimum absolute atomic E-state index is 0.0806. The van der Waals surface area contributed by atoms with Crippen molar-refractivity contribution in [1.82, 2.24) is 0 Å². The molecule has 68 valence electrons. The maximum atomic E-state index is 11.8. The maximum Gasteiger partial charge on any atom is 0.0854 e. The molecule has 0 aliphatic carbocycles. The third-order valence-electron chi connectivity index (χ3n) is 2.78. The molecule has 0 aromatic carbocycles. The normalized spacial score (nSPS) is 40.3. The maximum absolute atomic E-state index is 11.8. The first-order chi connectivity index (χ1) is 5.37. The summed E-state index contributed by atoms with van der Waals surface area (Å²) in [6.45, 7) is 6.17. The van der Waals surface area contributed by atoms with Crippen LogP contribution in [0.4, 0.5) is 0 Å². The number of terminal acetylenes is 1. The first-order valence-corrected chi connectivity index (χ1v) is 6.91. The van der Waals surface area contributed by atoms with E-state index in [1.807, 2.05) is 6.66 Å². The van der Waals surface area contributed by atoms with Crippen molar-refractivity contribution in [2.75, 3.05) is 19.0 Å². The lowest BCUT2D eigenvalue weighted by Crippen LogP contribution is -2.32. The van der Waals surface area contributed by atoms with Gasteiger partial charge < -0.3 is 4.57 Å². The Bertz CT molecular complexity index is 260. The van der Waals surface area contributed by atoms with Gasteiger partial charge in [0, 0.05) is 18.2 Å². The van der Waals surface area contributed by atoms with Crippen LogP contribution in [0.25, 0.3) is 0 Å². The summed E-state index contributed by atoms with van der Waals surface area (Å²) in [4.78, 5) is 0. The number of rotatable bonds is 0. The predicted octanol–water partition coefficient (Wildman–Crippen LogP) is 2.66. The van der Waals surface area contributed by atoms with Crippen LogP contribution < -0.4 is 0 Å². The molecule has 1 rings (SSSR count). The van der Waals surface area contributed by atoms with Crippen LogP contribution in [0.15, 0.2) is 0 Å². The SMILES string of the molecule is C#CC1CCP(C)(=O)CC1(C)C. The lowest BCUT2D eigenvalue weighted by Gasteiger charge is -2.38. The van der Waals surface area contributed by atoms with Crippen molar-refractivity contribution in [3.63, 3.8) is 0 Å². The molecule has 1 nitrogen and oxygen atoms in total. The molecule has 2 unspecified atom stereocenters. The van der Waals surface area contributed by atoms with Crippen molar-refractivity contribution in [2.24, 2.45) is 11.3 Å². The average molecular weight is 184 g/mol. The van der Waals surface area contributed by atoms with Crippen molar-refractivity contribution in [3.05, 3.63) is 0 Å². The Hall–Kier alpha value is -0.210. The summed E-state index contributed by atoms with van der Waals surface area (Å²) in [6, 6.07) is 0. The highest BCUT2D eigenvalue weighted by molar-refractivity contribution is 7.63. The Morgan fingerprint density at radius 1 is 1.58 bits per heavy atom. The molecule has 1 saturated heterocycles. The zero-order valence-electron chi connectivity index (χ0n) is 8.13. The topological polar surface area (TPSA) is 17.1 Å². The zero-order chi connectivity index (χ0) is 9.41. The lowest BCUT2D eigenvalue weighted by atomic mass is 9.79. The van der Waals surface area contributed by atoms with Gasteiger partial charge in [0.05, 0.1) is 7.14 Å². The van der Waals surface area contributed by atoms with Crippen molar-refractivity contribution >= 4 is 7.14 Å². The Kier molecular flexibility index (Phi) is 2.41. The summed E-state index contributed by atoms with van der Waals surface area (Å²) in [5.41, 5.74) is 0.0806. The minimum Gasteiger partial charge on any atom is -0.324 e. The molecule has 0 spiro atoms. The fraction of sp³-hybridized carbons (Fsp3) is 0.800. The lowest BCUT2D eigenvalue weighted by molar-refractivity contribution is 0.285. The van der Waals surface area contributed by atoms with Crippen LogP contribution in [0.1, 0.15) is 20.3 Å². The molecule has 0 aromatic rings. The summed E-state index contributed by atoms with van der Waals surface area (Å²) in [7, 11) is -1.85. The summed E-state index contributed by atoms with van der Waals surface area (Å²) >= 11 is 0. The van der Waals surface area contributed by atoms with Crippen LogP contribution >= 0.6 is 7.14 Å². The van der Waals surface area contributed by atoms with Crippen molar-refractivity contribution in [3.8, 4) is 12.3 Å². The van der Waals surface area contributed by atoms with Crippen molar-refractivity contribution in [1.29, 1.82) is 0 Å². The monoisotopic (exact) mass is 184 g/mol. The number of hydrogen-bond donors (Lipinski definition) is 0. The van der Waals surface area contributed by atoms with Gasteiger partial charge in [0.1, 0.15) is 0 Å². The van der Waals surface area contributed by atoms with Crippen LogP contribution in [0.3, 0.4) is 0 Å². The molecule has 1 fully saturated rings. The Morgan fingerprint density at radius 3 is 2.58 bits per heavy atom. The second-order valence-electron chi connectivity index (χ2n) is 4.68. The highest BCUT2D eigenvalue weighted by atomic mass is 31.2. The third kappa shape index (κ3) is 1.93. The molecule has 0 amide bonds. The molecule has 1 aliphatic heterocycles. The van der Waals surface area contributed by atoms with Gasteiger partial charge in [-0.2, -0.15) is 0 Å². The van der Waals surface area contributed by atoms with E-state index in [4.69, 9.17) is 6.42 Å². The molecule has 2 atom stereocenters. The van der Waals surface area contributed by atoms with Gasteiger partial charge in [-0.05, 0) is 18.5 Å². The summed E-state index contributed by atoms with van der Waals surface area (Å²) < 4.78 is 11.8. The van der Waals surface area contributed by atoms with Gasteiger partial charge in [-0.25, -0.2) is 0 Å². The van der Waals surface area contributed by atoms with E-state index in [1.165, 1.54) is 0 Å². The van der Waals surface area contributed by atoms with E-state index in [2.05, 4.69) is 19.8 Å². The second kappa shape index (κ2) is 2.93.